The number of amides is 1. The molecule has 0 unspecified atom stereocenters. The number of esters is 1. The van der Waals surface area contributed by atoms with Gasteiger partial charge in [-0.2, -0.15) is 0 Å². The van der Waals surface area contributed by atoms with Gasteiger partial charge in [-0.25, -0.2) is 0 Å². The predicted molar refractivity (Wildman–Crippen MR) is 85.9 cm³/mol. The summed E-state index contributed by atoms with van der Waals surface area (Å²) in [5, 5.41) is 3.79. The first-order valence-electron chi connectivity index (χ1n) is 7.38. The number of carbonyl (C=O) groups is 2. The van der Waals surface area contributed by atoms with Crippen molar-refractivity contribution >= 4 is 35.1 Å². The van der Waals surface area contributed by atoms with Crippen molar-refractivity contribution in [1.82, 2.24) is 5.32 Å². The van der Waals surface area contributed by atoms with Gasteiger partial charge < -0.3 is 10.1 Å². The van der Waals surface area contributed by atoms with Gasteiger partial charge >= 0.3 is 5.97 Å². The Bertz CT molecular complexity index is 556. The highest BCUT2D eigenvalue weighted by Gasteiger charge is 2.24. The number of hydrogen-bond acceptors (Lipinski definition) is 3. The van der Waals surface area contributed by atoms with Crippen LogP contribution in [0.15, 0.2) is 18.2 Å². The van der Waals surface area contributed by atoms with Gasteiger partial charge in [-0.05, 0) is 37.5 Å². The Balaban J connectivity index is 1.82. The number of halogens is 2. The molecule has 1 aromatic carbocycles. The minimum absolute atomic E-state index is 0.0454. The Labute approximate surface area is 140 Å². The van der Waals surface area contributed by atoms with E-state index in [2.05, 4.69) is 5.32 Å². The predicted octanol–water partition coefficient (Wildman–Crippen LogP) is 3.90. The molecular formula is C16H19Cl2NO3. The third-order valence-electron chi connectivity index (χ3n) is 3.84. The molecular weight excluding hydrogens is 325 g/mol. The molecule has 2 rings (SSSR count). The van der Waals surface area contributed by atoms with Crippen molar-refractivity contribution in [2.24, 2.45) is 5.92 Å². The minimum Gasteiger partial charge on any atom is -0.455 e. The summed E-state index contributed by atoms with van der Waals surface area (Å²) in [5.74, 6) is -0.661. The van der Waals surface area contributed by atoms with E-state index in [1.165, 1.54) is 0 Å². The van der Waals surface area contributed by atoms with Gasteiger partial charge in [-0.1, -0.05) is 42.1 Å². The van der Waals surface area contributed by atoms with Crippen LogP contribution in [0.25, 0.3) is 0 Å². The van der Waals surface area contributed by atoms with Crippen LogP contribution in [0.2, 0.25) is 10.0 Å². The van der Waals surface area contributed by atoms with Crippen LogP contribution in [0.1, 0.15) is 44.2 Å². The van der Waals surface area contributed by atoms with E-state index in [1.807, 2.05) is 6.92 Å². The van der Waals surface area contributed by atoms with Crippen LogP contribution in [-0.2, 0) is 14.3 Å². The molecule has 1 fully saturated rings. The van der Waals surface area contributed by atoms with E-state index >= 15 is 0 Å². The van der Waals surface area contributed by atoms with E-state index < -0.39 is 0 Å². The van der Waals surface area contributed by atoms with Crippen LogP contribution in [0, 0.1) is 5.92 Å². The lowest BCUT2D eigenvalue weighted by Crippen LogP contribution is -2.32. The Morgan fingerprint density at radius 3 is 2.64 bits per heavy atom. The van der Waals surface area contributed by atoms with Crippen LogP contribution in [0.5, 0.6) is 0 Å². The van der Waals surface area contributed by atoms with Crippen molar-refractivity contribution in [3.63, 3.8) is 0 Å². The molecule has 4 nitrogen and oxygen atoms in total. The third-order valence-corrected chi connectivity index (χ3v) is 4.40. The summed E-state index contributed by atoms with van der Waals surface area (Å²) < 4.78 is 5.07. The molecule has 120 valence electrons. The van der Waals surface area contributed by atoms with E-state index in [0.29, 0.717) is 10.0 Å². The van der Waals surface area contributed by atoms with Gasteiger partial charge in [0.05, 0.1) is 12.0 Å². The maximum atomic E-state index is 11.9. The third kappa shape index (κ3) is 4.62. The highest BCUT2D eigenvalue weighted by molar-refractivity contribution is 6.35. The lowest BCUT2D eigenvalue weighted by atomic mass is 10.1. The average molecular weight is 344 g/mol. The second-order valence-corrected chi connectivity index (χ2v) is 6.39. The van der Waals surface area contributed by atoms with E-state index in [1.54, 1.807) is 18.2 Å². The lowest BCUT2D eigenvalue weighted by Gasteiger charge is -2.16. The molecule has 1 aromatic rings. The van der Waals surface area contributed by atoms with Crippen LogP contribution >= 0.6 is 23.2 Å². The highest BCUT2D eigenvalue weighted by atomic mass is 35.5. The first-order chi connectivity index (χ1) is 10.5. The Morgan fingerprint density at radius 2 is 2.00 bits per heavy atom. The molecule has 0 heterocycles. The fraction of sp³-hybridized carbons (Fsp3) is 0.500. The van der Waals surface area contributed by atoms with Crippen LogP contribution in [0.3, 0.4) is 0 Å². The van der Waals surface area contributed by atoms with Crippen molar-refractivity contribution in [3.8, 4) is 0 Å². The number of nitrogens with one attached hydrogen (secondary N) is 1. The van der Waals surface area contributed by atoms with Gasteiger partial charge in [0, 0.05) is 10.0 Å². The van der Waals surface area contributed by atoms with E-state index in [0.717, 1.165) is 31.2 Å². The molecule has 0 radical (unpaired) electrons. The molecule has 0 bridgehead atoms. The summed E-state index contributed by atoms with van der Waals surface area (Å²) in [4.78, 5) is 23.6. The topological polar surface area (TPSA) is 55.4 Å². The van der Waals surface area contributed by atoms with E-state index in [9.17, 15) is 9.59 Å². The lowest BCUT2D eigenvalue weighted by molar-refractivity contribution is -0.152. The van der Waals surface area contributed by atoms with E-state index in [4.69, 9.17) is 27.9 Å². The van der Waals surface area contributed by atoms with Gasteiger partial charge in [0.25, 0.3) is 5.91 Å². The van der Waals surface area contributed by atoms with Gasteiger partial charge in [0.1, 0.15) is 0 Å². The molecule has 1 amide bonds. The second-order valence-electron chi connectivity index (χ2n) is 5.54. The zero-order valence-corrected chi connectivity index (χ0v) is 13.9. The van der Waals surface area contributed by atoms with Crippen molar-refractivity contribution in [2.45, 2.75) is 38.6 Å². The Morgan fingerprint density at radius 1 is 1.32 bits per heavy atom. The maximum Gasteiger partial charge on any atom is 0.309 e. The first kappa shape index (κ1) is 17.1. The van der Waals surface area contributed by atoms with Crippen molar-refractivity contribution in [1.29, 1.82) is 0 Å². The smallest absolute Gasteiger partial charge is 0.309 e. The zero-order valence-electron chi connectivity index (χ0n) is 12.4. The fourth-order valence-corrected chi connectivity index (χ4v) is 3.20. The van der Waals surface area contributed by atoms with Crippen LogP contribution < -0.4 is 5.32 Å². The second kappa shape index (κ2) is 7.84. The Hall–Kier alpha value is -1.26. The average Bonchev–Trinajstić information content (AvgIpc) is 2.98. The summed E-state index contributed by atoms with van der Waals surface area (Å²) in [7, 11) is 0. The number of hydrogen-bond donors (Lipinski definition) is 1. The molecule has 0 aliphatic heterocycles. The largest absolute Gasteiger partial charge is 0.455 e. The molecule has 1 saturated carbocycles. The molecule has 1 atom stereocenters. The molecule has 1 aliphatic rings. The quantitative estimate of drug-likeness (QED) is 0.824. The van der Waals surface area contributed by atoms with Crippen molar-refractivity contribution in [3.05, 3.63) is 33.8 Å². The fourth-order valence-electron chi connectivity index (χ4n) is 2.63. The monoisotopic (exact) mass is 343 g/mol. The zero-order chi connectivity index (χ0) is 16.1. The van der Waals surface area contributed by atoms with Gasteiger partial charge in [0.15, 0.2) is 6.61 Å². The summed E-state index contributed by atoms with van der Waals surface area (Å²) in [6.07, 6.45) is 3.82. The van der Waals surface area contributed by atoms with Crippen LogP contribution in [0.4, 0.5) is 0 Å². The maximum absolute atomic E-state index is 11.9. The molecule has 0 aromatic heterocycles. The van der Waals surface area contributed by atoms with Gasteiger partial charge in [0.2, 0.25) is 0 Å². The molecule has 0 spiro atoms. The first-order valence-corrected chi connectivity index (χ1v) is 8.14. The van der Waals surface area contributed by atoms with Crippen molar-refractivity contribution < 1.29 is 14.3 Å². The number of ether oxygens (including phenoxy) is 1. The minimum atomic E-state index is -0.343. The Kier molecular flexibility index (Phi) is 6.09. The number of carbonyl (C=O) groups excluding carboxylic acids is 2. The molecule has 6 heteroatoms. The standard InChI is InChI=1S/C16H19Cl2NO3/c1-10(13-7-6-12(17)8-14(13)18)19-15(20)9-22-16(21)11-4-2-3-5-11/h6-8,10-11H,2-5,9H2,1H3,(H,19,20)/t10-/m0/s1. The van der Waals surface area contributed by atoms with Gasteiger partial charge in [-0.3, -0.25) is 9.59 Å². The SMILES string of the molecule is C[C@H](NC(=O)COC(=O)C1CCCC1)c1ccc(Cl)cc1Cl. The number of benzene rings is 1. The van der Waals surface area contributed by atoms with E-state index in [-0.39, 0.29) is 30.4 Å². The summed E-state index contributed by atoms with van der Waals surface area (Å²) in [6.45, 7) is 1.55. The van der Waals surface area contributed by atoms with Crippen molar-refractivity contribution in [2.75, 3.05) is 6.61 Å². The summed E-state index contributed by atoms with van der Waals surface area (Å²) in [6, 6.07) is 4.81. The highest BCUT2D eigenvalue weighted by Crippen LogP contribution is 2.27. The number of rotatable bonds is 5. The molecule has 22 heavy (non-hydrogen) atoms. The normalized spacial score (nSPS) is 16.3. The summed E-state index contributed by atoms with van der Waals surface area (Å²) in [5.41, 5.74) is 0.765. The molecule has 0 saturated heterocycles. The summed E-state index contributed by atoms with van der Waals surface area (Å²) >= 11 is 11.9. The van der Waals surface area contributed by atoms with Crippen LogP contribution in [-0.4, -0.2) is 18.5 Å². The van der Waals surface area contributed by atoms with Gasteiger partial charge in [-0.15, -0.1) is 0 Å². The molecule has 1 N–H and O–H groups in total. The molecule has 1 aliphatic carbocycles.